The third-order valence-electron chi connectivity index (χ3n) is 4.08. The van der Waals surface area contributed by atoms with Gasteiger partial charge in [0.1, 0.15) is 11.5 Å². The molecule has 0 amide bonds. The first-order chi connectivity index (χ1) is 8.08. The van der Waals surface area contributed by atoms with Crippen molar-refractivity contribution in [1.29, 1.82) is 0 Å². The molecule has 0 radical (unpaired) electrons. The number of furan rings is 1. The summed E-state index contributed by atoms with van der Waals surface area (Å²) in [5, 5.41) is 0. The van der Waals surface area contributed by atoms with Gasteiger partial charge < -0.3 is 15.1 Å². The molecule has 94 valence electrons. The van der Waals surface area contributed by atoms with E-state index in [1.165, 1.54) is 12.8 Å². The van der Waals surface area contributed by atoms with Gasteiger partial charge >= 0.3 is 0 Å². The van der Waals surface area contributed by atoms with Crippen LogP contribution in [0.5, 0.6) is 0 Å². The Balaban J connectivity index is 1.81. The Morgan fingerprint density at radius 2 is 2.06 bits per heavy atom. The molecule has 1 aromatic heterocycles. The van der Waals surface area contributed by atoms with E-state index in [1.54, 1.807) is 0 Å². The Morgan fingerprint density at radius 1 is 1.41 bits per heavy atom. The number of piperidine rings is 1. The van der Waals surface area contributed by atoms with E-state index in [4.69, 9.17) is 10.2 Å². The second-order valence-electron chi connectivity index (χ2n) is 5.56. The summed E-state index contributed by atoms with van der Waals surface area (Å²) in [6.07, 6.45) is 4.47. The summed E-state index contributed by atoms with van der Waals surface area (Å²) in [6, 6.07) is 2.08. The number of nitrogens with zero attached hydrogens (tertiary/aromatic N) is 1. The Labute approximate surface area is 110 Å². The van der Waals surface area contributed by atoms with Gasteiger partial charge in [-0.05, 0) is 67.8 Å². The Bertz CT molecular complexity index is 417. The molecule has 2 aliphatic rings. The normalized spacial score (nSPS) is 25.1. The fourth-order valence-electron chi connectivity index (χ4n) is 2.56. The zero-order valence-corrected chi connectivity index (χ0v) is 11.8. The largest absolute Gasteiger partial charge is 0.463 e. The van der Waals surface area contributed by atoms with Crippen LogP contribution in [0.2, 0.25) is 0 Å². The summed E-state index contributed by atoms with van der Waals surface area (Å²) < 4.78 is 7.14. The highest BCUT2D eigenvalue weighted by Crippen LogP contribution is 2.46. The van der Waals surface area contributed by atoms with E-state index in [2.05, 4.69) is 33.9 Å². The van der Waals surface area contributed by atoms with Gasteiger partial charge in [0, 0.05) is 5.92 Å². The molecule has 0 unspecified atom stereocenters. The van der Waals surface area contributed by atoms with E-state index in [1.807, 2.05) is 0 Å². The summed E-state index contributed by atoms with van der Waals surface area (Å²) in [4.78, 5) is 2.37. The predicted molar refractivity (Wildman–Crippen MR) is 71.0 cm³/mol. The molecule has 1 saturated heterocycles. The molecular formula is C13H19BrN2O. The lowest BCUT2D eigenvalue weighted by atomic mass is 9.95. The lowest BCUT2D eigenvalue weighted by Gasteiger charge is -2.27. The van der Waals surface area contributed by atoms with Crippen molar-refractivity contribution in [3.05, 3.63) is 22.1 Å². The van der Waals surface area contributed by atoms with Gasteiger partial charge in [0.05, 0.1) is 10.0 Å². The maximum Gasteiger partial charge on any atom is 0.125 e. The van der Waals surface area contributed by atoms with Crippen LogP contribution in [0.1, 0.15) is 43.1 Å². The topological polar surface area (TPSA) is 42.4 Å². The predicted octanol–water partition coefficient (Wildman–Crippen LogP) is 2.80. The van der Waals surface area contributed by atoms with E-state index < -0.39 is 0 Å². The standard InChI is InChI=1S/C13H19BrN2O/c1-16-6-2-9(3-7-16)12-10(14)8-11(17-12)13(15)4-5-13/h8-9H,2-7,15H2,1H3. The van der Waals surface area contributed by atoms with Crippen molar-refractivity contribution < 1.29 is 4.42 Å². The molecule has 1 aliphatic carbocycles. The van der Waals surface area contributed by atoms with Crippen LogP contribution < -0.4 is 5.73 Å². The minimum absolute atomic E-state index is 0.160. The van der Waals surface area contributed by atoms with E-state index in [-0.39, 0.29) is 5.54 Å². The zero-order chi connectivity index (χ0) is 12.0. The third kappa shape index (κ3) is 2.18. The van der Waals surface area contributed by atoms with Crippen molar-refractivity contribution in [2.45, 2.75) is 37.1 Å². The highest BCUT2D eigenvalue weighted by molar-refractivity contribution is 9.10. The first-order valence-corrected chi connectivity index (χ1v) is 7.15. The van der Waals surface area contributed by atoms with Gasteiger partial charge in [-0.15, -0.1) is 0 Å². The SMILES string of the molecule is CN1CCC(c2oc(C3(N)CC3)cc2Br)CC1. The van der Waals surface area contributed by atoms with Gasteiger partial charge in [-0.2, -0.15) is 0 Å². The van der Waals surface area contributed by atoms with Crippen LogP contribution in [0, 0.1) is 0 Å². The number of nitrogens with two attached hydrogens (primary N) is 1. The van der Waals surface area contributed by atoms with E-state index in [9.17, 15) is 0 Å². The minimum atomic E-state index is -0.160. The van der Waals surface area contributed by atoms with Crippen molar-refractivity contribution in [3.8, 4) is 0 Å². The molecule has 1 saturated carbocycles. The second-order valence-corrected chi connectivity index (χ2v) is 6.41. The summed E-state index contributed by atoms with van der Waals surface area (Å²) in [5.41, 5.74) is 6.02. The summed E-state index contributed by atoms with van der Waals surface area (Å²) in [5.74, 6) is 2.64. The Hall–Kier alpha value is -0.320. The van der Waals surface area contributed by atoms with Gasteiger partial charge in [-0.3, -0.25) is 0 Å². The second kappa shape index (κ2) is 4.11. The Morgan fingerprint density at radius 3 is 2.65 bits per heavy atom. The molecule has 17 heavy (non-hydrogen) atoms. The third-order valence-corrected chi connectivity index (χ3v) is 4.70. The van der Waals surface area contributed by atoms with Crippen LogP contribution in [0.15, 0.2) is 15.0 Å². The minimum Gasteiger partial charge on any atom is -0.463 e. The highest BCUT2D eigenvalue weighted by Gasteiger charge is 2.44. The van der Waals surface area contributed by atoms with Gasteiger partial charge in [0.15, 0.2) is 0 Å². The molecule has 4 heteroatoms. The van der Waals surface area contributed by atoms with Crippen LogP contribution in [0.3, 0.4) is 0 Å². The molecule has 0 bridgehead atoms. The molecule has 0 spiro atoms. The maximum atomic E-state index is 6.18. The molecule has 0 atom stereocenters. The van der Waals surface area contributed by atoms with Crippen molar-refractivity contribution in [2.75, 3.05) is 20.1 Å². The van der Waals surface area contributed by atoms with Crippen LogP contribution in [-0.2, 0) is 5.54 Å². The number of rotatable bonds is 2. The van der Waals surface area contributed by atoms with Crippen LogP contribution in [-0.4, -0.2) is 25.0 Å². The van der Waals surface area contributed by atoms with Crippen molar-refractivity contribution in [3.63, 3.8) is 0 Å². The first-order valence-electron chi connectivity index (χ1n) is 6.36. The molecule has 2 heterocycles. The average Bonchev–Trinajstić information content (AvgIpc) is 2.93. The summed E-state index contributed by atoms with van der Waals surface area (Å²) >= 11 is 3.63. The maximum absolute atomic E-state index is 6.18. The fourth-order valence-corrected chi connectivity index (χ4v) is 3.17. The quantitative estimate of drug-likeness (QED) is 0.913. The highest BCUT2D eigenvalue weighted by atomic mass is 79.9. The monoisotopic (exact) mass is 298 g/mol. The molecule has 2 N–H and O–H groups in total. The molecule has 1 aromatic rings. The van der Waals surface area contributed by atoms with Gasteiger partial charge in [-0.25, -0.2) is 0 Å². The Kier molecular flexibility index (Phi) is 2.84. The fraction of sp³-hybridized carbons (Fsp3) is 0.692. The van der Waals surface area contributed by atoms with Crippen molar-refractivity contribution >= 4 is 15.9 Å². The average molecular weight is 299 g/mol. The summed E-state index contributed by atoms with van der Waals surface area (Å²) in [7, 11) is 2.18. The van der Waals surface area contributed by atoms with Crippen molar-refractivity contribution in [1.82, 2.24) is 4.90 Å². The molecule has 1 aliphatic heterocycles. The molecule has 3 nitrogen and oxygen atoms in total. The van der Waals surface area contributed by atoms with Crippen LogP contribution in [0.4, 0.5) is 0 Å². The van der Waals surface area contributed by atoms with Crippen molar-refractivity contribution in [2.24, 2.45) is 5.73 Å². The lowest BCUT2D eigenvalue weighted by molar-refractivity contribution is 0.237. The number of hydrogen-bond donors (Lipinski definition) is 1. The number of likely N-dealkylation sites (tertiary alicyclic amines) is 1. The lowest BCUT2D eigenvalue weighted by Crippen LogP contribution is -2.29. The summed E-state index contributed by atoms with van der Waals surface area (Å²) in [6.45, 7) is 2.31. The van der Waals surface area contributed by atoms with Crippen LogP contribution >= 0.6 is 15.9 Å². The zero-order valence-electron chi connectivity index (χ0n) is 10.2. The van der Waals surface area contributed by atoms with Gasteiger partial charge in [0.2, 0.25) is 0 Å². The van der Waals surface area contributed by atoms with Gasteiger partial charge in [0.25, 0.3) is 0 Å². The molecular weight excluding hydrogens is 280 g/mol. The van der Waals surface area contributed by atoms with E-state index in [0.717, 1.165) is 41.9 Å². The van der Waals surface area contributed by atoms with E-state index in [0.29, 0.717) is 5.92 Å². The number of halogens is 1. The number of hydrogen-bond acceptors (Lipinski definition) is 3. The smallest absolute Gasteiger partial charge is 0.125 e. The van der Waals surface area contributed by atoms with E-state index >= 15 is 0 Å². The molecule has 0 aromatic carbocycles. The molecule has 3 rings (SSSR count). The van der Waals surface area contributed by atoms with Crippen LogP contribution in [0.25, 0.3) is 0 Å². The van der Waals surface area contributed by atoms with Gasteiger partial charge in [-0.1, -0.05) is 0 Å². The first kappa shape index (κ1) is 11.8. The molecule has 2 fully saturated rings.